The van der Waals surface area contributed by atoms with Gasteiger partial charge < -0.3 is 5.32 Å². The summed E-state index contributed by atoms with van der Waals surface area (Å²) in [4.78, 5) is 10.4. The van der Waals surface area contributed by atoms with Crippen LogP contribution in [0.5, 0.6) is 0 Å². The molecule has 0 radical (unpaired) electrons. The van der Waals surface area contributed by atoms with Crippen molar-refractivity contribution in [3.63, 3.8) is 0 Å². The average molecular weight is 220 g/mol. The van der Waals surface area contributed by atoms with Gasteiger partial charge >= 0.3 is 0 Å². The lowest BCUT2D eigenvalue weighted by atomic mass is 10.1. The van der Waals surface area contributed by atoms with Crippen LogP contribution in [-0.2, 0) is 0 Å². The summed E-state index contributed by atoms with van der Waals surface area (Å²) in [6, 6.07) is 5.39. The van der Waals surface area contributed by atoms with Crippen molar-refractivity contribution in [3.05, 3.63) is 46.5 Å². The van der Waals surface area contributed by atoms with E-state index in [-0.39, 0.29) is 16.7 Å². The van der Waals surface area contributed by atoms with Crippen LogP contribution in [0.15, 0.2) is 30.9 Å². The van der Waals surface area contributed by atoms with E-state index in [9.17, 15) is 10.1 Å². The maximum atomic E-state index is 10.7. The Morgan fingerprint density at radius 1 is 1.62 bits per heavy atom. The molecular formula is C12H16N2O2. The highest BCUT2D eigenvalue weighted by Gasteiger charge is 2.11. The van der Waals surface area contributed by atoms with Gasteiger partial charge in [-0.3, -0.25) is 10.1 Å². The van der Waals surface area contributed by atoms with Crippen molar-refractivity contribution < 1.29 is 4.92 Å². The molecule has 0 aliphatic carbocycles. The normalized spacial score (nSPS) is 11.9. The molecule has 1 N–H and O–H groups in total. The first kappa shape index (κ1) is 12.2. The first-order valence-corrected chi connectivity index (χ1v) is 5.17. The van der Waals surface area contributed by atoms with Gasteiger partial charge in [0.15, 0.2) is 0 Å². The van der Waals surface area contributed by atoms with Crippen LogP contribution in [0.4, 0.5) is 11.4 Å². The highest BCUT2D eigenvalue weighted by Crippen LogP contribution is 2.22. The van der Waals surface area contributed by atoms with E-state index in [1.165, 1.54) is 0 Å². The SMILES string of the molecule is C=CCC(C)Nc1ccc(C)c([N+](=O)[O-])c1. The van der Waals surface area contributed by atoms with Gasteiger partial charge in [0.1, 0.15) is 0 Å². The Bertz CT molecular complexity index is 402. The van der Waals surface area contributed by atoms with Crippen LogP contribution in [-0.4, -0.2) is 11.0 Å². The van der Waals surface area contributed by atoms with Gasteiger partial charge in [-0.05, 0) is 26.3 Å². The fraction of sp³-hybridized carbons (Fsp3) is 0.333. The molecule has 0 aromatic heterocycles. The number of nitro groups is 1. The molecule has 1 unspecified atom stereocenters. The number of nitro benzene ring substituents is 1. The molecule has 0 fully saturated rings. The zero-order chi connectivity index (χ0) is 12.1. The van der Waals surface area contributed by atoms with Gasteiger partial charge in [0, 0.05) is 23.4 Å². The Kier molecular flexibility index (Phi) is 4.05. The van der Waals surface area contributed by atoms with Crippen LogP contribution in [0.1, 0.15) is 18.9 Å². The third-order valence-corrected chi connectivity index (χ3v) is 2.34. The molecule has 0 saturated heterocycles. The lowest BCUT2D eigenvalue weighted by Gasteiger charge is -2.13. The van der Waals surface area contributed by atoms with Gasteiger partial charge in [0.2, 0.25) is 0 Å². The van der Waals surface area contributed by atoms with E-state index in [1.807, 2.05) is 19.1 Å². The number of anilines is 1. The zero-order valence-electron chi connectivity index (χ0n) is 9.56. The van der Waals surface area contributed by atoms with E-state index < -0.39 is 0 Å². The molecule has 1 aromatic carbocycles. The smallest absolute Gasteiger partial charge is 0.274 e. The van der Waals surface area contributed by atoms with Gasteiger partial charge in [-0.2, -0.15) is 0 Å². The molecule has 1 atom stereocenters. The van der Waals surface area contributed by atoms with E-state index in [0.29, 0.717) is 5.56 Å². The highest BCUT2D eigenvalue weighted by atomic mass is 16.6. The van der Waals surface area contributed by atoms with Gasteiger partial charge in [-0.1, -0.05) is 12.1 Å². The molecule has 0 bridgehead atoms. The first-order chi connectivity index (χ1) is 7.54. The molecule has 0 aliphatic heterocycles. The summed E-state index contributed by atoms with van der Waals surface area (Å²) in [7, 11) is 0. The molecule has 16 heavy (non-hydrogen) atoms. The van der Waals surface area contributed by atoms with Crippen molar-refractivity contribution in [1.29, 1.82) is 0 Å². The molecular weight excluding hydrogens is 204 g/mol. The van der Waals surface area contributed by atoms with Crippen LogP contribution in [0.2, 0.25) is 0 Å². The Balaban J connectivity index is 2.86. The lowest BCUT2D eigenvalue weighted by molar-refractivity contribution is -0.385. The maximum absolute atomic E-state index is 10.7. The predicted molar refractivity (Wildman–Crippen MR) is 65.7 cm³/mol. The summed E-state index contributed by atoms with van der Waals surface area (Å²) in [5.74, 6) is 0. The van der Waals surface area contributed by atoms with E-state index in [0.717, 1.165) is 12.1 Å². The molecule has 86 valence electrons. The number of hydrogen-bond donors (Lipinski definition) is 1. The standard InChI is InChI=1S/C12H16N2O2/c1-4-5-10(3)13-11-7-6-9(2)12(8-11)14(15)16/h4,6-8,10,13H,1,5H2,2-3H3. The summed E-state index contributed by atoms with van der Waals surface area (Å²) in [5.41, 5.74) is 1.59. The zero-order valence-corrected chi connectivity index (χ0v) is 9.56. The average Bonchev–Trinajstić information content (AvgIpc) is 2.21. The van der Waals surface area contributed by atoms with Gasteiger partial charge in [0.05, 0.1) is 4.92 Å². The molecule has 0 aliphatic rings. The van der Waals surface area contributed by atoms with E-state index in [1.54, 1.807) is 19.1 Å². The number of aryl methyl sites for hydroxylation is 1. The Hall–Kier alpha value is -1.84. The minimum atomic E-state index is -0.362. The van der Waals surface area contributed by atoms with Gasteiger partial charge in [0.25, 0.3) is 5.69 Å². The third kappa shape index (κ3) is 3.08. The molecule has 1 rings (SSSR count). The number of nitrogens with one attached hydrogen (secondary N) is 1. The van der Waals surface area contributed by atoms with Crippen LogP contribution >= 0.6 is 0 Å². The van der Waals surface area contributed by atoms with Crippen molar-refractivity contribution in [2.45, 2.75) is 26.3 Å². The van der Waals surface area contributed by atoms with Gasteiger partial charge in [-0.15, -0.1) is 6.58 Å². The monoisotopic (exact) mass is 220 g/mol. The fourth-order valence-electron chi connectivity index (χ4n) is 1.49. The van der Waals surface area contributed by atoms with Gasteiger partial charge in [-0.25, -0.2) is 0 Å². The van der Waals surface area contributed by atoms with E-state index in [2.05, 4.69) is 11.9 Å². The topological polar surface area (TPSA) is 55.2 Å². The van der Waals surface area contributed by atoms with Crippen LogP contribution in [0, 0.1) is 17.0 Å². The third-order valence-electron chi connectivity index (χ3n) is 2.34. The minimum Gasteiger partial charge on any atom is -0.382 e. The lowest BCUT2D eigenvalue weighted by Crippen LogP contribution is -2.13. The van der Waals surface area contributed by atoms with Crippen molar-refractivity contribution in [3.8, 4) is 0 Å². The second kappa shape index (κ2) is 5.30. The summed E-state index contributed by atoms with van der Waals surface area (Å²) in [6.45, 7) is 7.39. The summed E-state index contributed by atoms with van der Waals surface area (Å²) >= 11 is 0. The molecule has 4 nitrogen and oxygen atoms in total. The quantitative estimate of drug-likeness (QED) is 0.470. The van der Waals surface area contributed by atoms with Crippen LogP contribution < -0.4 is 5.32 Å². The summed E-state index contributed by atoms with van der Waals surface area (Å²) in [6.07, 6.45) is 2.64. The summed E-state index contributed by atoms with van der Waals surface area (Å²) in [5, 5.41) is 13.9. The van der Waals surface area contributed by atoms with Crippen molar-refractivity contribution in [2.24, 2.45) is 0 Å². The Morgan fingerprint density at radius 2 is 2.31 bits per heavy atom. The number of rotatable bonds is 5. The minimum absolute atomic E-state index is 0.149. The van der Waals surface area contributed by atoms with Crippen molar-refractivity contribution in [1.82, 2.24) is 0 Å². The predicted octanol–water partition coefficient (Wildman–Crippen LogP) is 3.28. The molecule has 0 amide bonds. The Morgan fingerprint density at radius 3 is 2.88 bits per heavy atom. The highest BCUT2D eigenvalue weighted by molar-refractivity contribution is 5.55. The molecule has 1 aromatic rings. The molecule has 0 heterocycles. The number of benzene rings is 1. The number of nitrogens with zero attached hydrogens (tertiary/aromatic N) is 1. The fourth-order valence-corrected chi connectivity index (χ4v) is 1.49. The summed E-state index contributed by atoms with van der Waals surface area (Å²) < 4.78 is 0. The molecule has 0 saturated carbocycles. The van der Waals surface area contributed by atoms with Crippen molar-refractivity contribution in [2.75, 3.05) is 5.32 Å². The van der Waals surface area contributed by atoms with Crippen LogP contribution in [0.3, 0.4) is 0 Å². The van der Waals surface area contributed by atoms with E-state index in [4.69, 9.17) is 0 Å². The largest absolute Gasteiger partial charge is 0.382 e. The van der Waals surface area contributed by atoms with Crippen LogP contribution in [0.25, 0.3) is 0 Å². The molecule has 4 heteroatoms. The van der Waals surface area contributed by atoms with E-state index >= 15 is 0 Å². The molecule has 0 spiro atoms. The second-order valence-corrected chi connectivity index (χ2v) is 3.83. The maximum Gasteiger partial charge on any atom is 0.274 e. The number of hydrogen-bond acceptors (Lipinski definition) is 3. The second-order valence-electron chi connectivity index (χ2n) is 3.83. The first-order valence-electron chi connectivity index (χ1n) is 5.17. The van der Waals surface area contributed by atoms with Crippen molar-refractivity contribution >= 4 is 11.4 Å². The Labute approximate surface area is 95.1 Å².